The minimum atomic E-state index is -0.963. The summed E-state index contributed by atoms with van der Waals surface area (Å²) in [6.07, 6.45) is 6.09. The Hall–Kier alpha value is -3.41. The van der Waals surface area contributed by atoms with Crippen molar-refractivity contribution in [2.75, 3.05) is 7.05 Å². The zero-order chi connectivity index (χ0) is 30.3. The summed E-state index contributed by atoms with van der Waals surface area (Å²) in [6, 6.07) is -0.731. The Morgan fingerprint density at radius 1 is 1.15 bits per heavy atom. The van der Waals surface area contributed by atoms with Crippen LogP contribution in [0.3, 0.4) is 0 Å². The first kappa shape index (κ1) is 32.1. The number of nitrogens with one attached hydrogen (secondary N) is 1. The number of aromatic nitrogens is 3. The average Bonchev–Trinajstić information content (AvgIpc) is 3.57. The van der Waals surface area contributed by atoms with Crippen LogP contribution in [0, 0.1) is 24.7 Å². The van der Waals surface area contributed by atoms with Crippen LogP contribution in [0.2, 0.25) is 0 Å². The first-order valence-electron chi connectivity index (χ1n) is 14.0. The minimum absolute atomic E-state index is 0.0752. The van der Waals surface area contributed by atoms with Gasteiger partial charge in [-0.05, 0) is 43.6 Å². The van der Waals surface area contributed by atoms with Gasteiger partial charge in [0, 0.05) is 63.1 Å². The fourth-order valence-electron chi connectivity index (χ4n) is 4.66. The second kappa shape index (κ2) is 14.5. The lowest BCUT2D eigenvalue weighted by molar-refractivity contribution is -0.148. The van der Waals surface area contributed by atoms with Gasteiger partial charge in [-0.25, -0.2) is 15.0 Å². The smallest absolute Gasteiger partial charge is 0.306 e. The maximum Gasteiger partial charge on any atom is 0.306 e. The molecule has 2 heterocycles. The summed E-state index contributed by atoms with van der Waals surface area (Å²) in [6.45, 7) is 8.81. The number of amides is 2. The van der Waals surface area contributed by atoms with E-state index >= 15 is 0 Å². The molecule has 0 aromatic carbocycles. The highest BCUT2D eigenvalue weighted by atomic mass is 32.1. The van der Waals surface area contributed by atoms with Gasteiger partial charge in [0.1, 0.15) is 16.5 Å². The van der Waals surface area contributed by atoms with Crippen molar-refractivity contribution in [3.63, 3.8) is 0 Å². The van der Waals surface area contributed by atoms with Crippen molar-refractivity contribution in [2.45, 2.75) is 91.3 Å². The number of carbonyl (C=O) groups excluding carboxylic acids is 3. The summed E-state index contributed by atoms with van der Waals surface area (Å²) in [5.74, 6) is -1.48. The molecule has 0 bridgehead atoms. The number of ether oxygens (including phenoxy) is 1. The summed E-state index contributed by atoms with van der Waals surface area (Å²) in [5, 5.41) is 14.4. The van der Waals surface area contributed by atoms with E-state index < -0.39 is 35.9 Å². The Balaban J connectivity index is 1.76. The molecule has 0 saturated heterocycles. The third-order valence-corrected chi connectivity index (χ3v) is 8.21. The summed E-state index contributed by atoms with van der Waals surface area (Å²) in [5.41, 5.74) is 1.03. The summed E-state index contributed by atoms with van der Waals surface area (Å²) < 4.78 is 5.64. The van der Waals surface area contributed by atoms with E-state index in [4.69, 9.17) is 4.74 Å². The van der Waals surface area contributed by atoms with Gasteiger partial charge in [0.15, 0.2) is 6.10 Å². The van der Waals surface area contributed by atoms with E-state index in [-0.39, 0.29) is 36.4 Å². The fraction of sp³-hybridized carbons (Fsp3) is 0.621. The van der Waals surface area contributed by atoms with Crippen LogP contribution in [-0.4, -0.2) is 67.8 Å². The number of nitrogens with zero attached hydrogens (tertiary/aromatic N) is 4. The maximum atomic E-state index is 13.2. The lowest BCUT2D eigenvalue weighted by atomic mass is 9.96. The number of carboxylic acid groups (broad SMARTS) is 1. The topological polar surface area (TPSA) is 152 Å². The molecule has 12 heteroatoms. The van der Waals surface area contributed by atoms with Crippen molar-refractivity contribution in [1.82, 2.24) is 25.2 Å². The van der Waals surface area contributed by atoms with Gasteiger partial charge in [0.2, 0.25) is 5.91 Å². The van der Waals surface area contributed by atoms with Crippen LogP contribution >= 0.6 is 11.3 Å². The van der Waals surface area contributed by atoms with Crippen molar-refractivity contribution in [2.24, 2.45) is 17.8 Å². The van der Waals surface area contributed by atoms with Gasteiger partial charge in [-0.15, -0.1) is 11.3 Å². The van der Waals surface area contributed by atoms with E-state index in [9.17, 15) is 24.3 Å². The standard InChI is InChI=1S/C29H41N5O6S/c1-16(2)23(34(6)26(36)10-20-7-8-20)12-24(40-19(5)35)28-33-22(15-41-28)27(37)32-21(9-18(4)29(38)39)11-25-30-13-17(3)14-31-25/h13-16,18,20-21,23-24H,7-12H2,1-6H3,(H,32,37)(H,38,39)/t18-,21+,23?,24+/m0/s1. The van der Waals surface area contributed by atoms with E-state index in [2.05, 4.69) is 20.3 Å². The molecule has 2 aromatic heterocycles. The van der Waals surface area contributed by atoms with Gasteiger partial charge in [-0.1, -0.05) is 20.8 Å². The molecule has 1 aliphatic carbocycles. The van der Waals surface area contributed by atoms with Crippen molar-refractivity contribution >= 4 is 35.1 Å². The van der Waals surface area contributed by atoms with Crippen molar-refractivity contribution in [1.29, 1.82) is 0 Å². The van der Waals surface area contributed by atoms with Crippen LogP contribution in [0.15, 0.2) is 17.8 Å². The van der Waals surface area contributed by atoms with E-state index in [1.54, 1.807) is 36.6 Å². The molecule has 224 valence electrons. The van der Waals surface area contributed by atoms with E-state index in [0.29, 0.717) is 29.6 Å². The molecule has 4 atom stereocenters. The van der Waals surface area contributed by atoms with Crippen LogP contribution in [0.5, 0.6) is 0 Å². The molecule has 1 saturated carbocycles. The van der Waals surface area contributed by atoms with Gasteiger partial charge in [-0.2, -0.15) is 0 Å². The Morgan fingerprint density at radius 2 is 1.80 bits per heavy atom. The third kappa shape index (κ3) is 9.87. The lowest BCUT2D eigenvalue weighted by Crippen LogP contribution is -2.42. The summed E-state index contributed by atoms with van der Waals surface area (Å²) in [4.78, 5) is 64.4. The van der Waals surface area contributed by atoms with Gasteiger partial charge in [-0.3, -0.25) is 19.2 Å². The Bertz CT molecular complexity index is 1210. The molecule has 2 amide bonds. The van der Waals surface area contributed by atoms with Crippen LogP contribution in [0.1, 0.15) is 92.8 Å². The molecule has 2 aromatic rings. The number of carboxylic acids is 1. The molecule has 0 aliphatic heterocycles. The number of rotatable bonds is 15. The van der Waals surface area contributed by atoms with Crippen LogP contribution in [-0.2, 0) is 25.5 Å². The fourth-order valence-corrected chi connectivity index (χ4v) is 5.50. The SMILES string of the molecule is CC(=O)O[C@H](CC(C(C)C)N(C)C(=O)CC1CC1)c1nc(C(=O)N[C@@H](Cc2ncc(C)cn2)C[C@H](C)C(=O)O)cs1. The molecule has 11 nitrogen and oxygen atoms in total. The minimum Gasteiger partial charge on any atom is -0.481 e. The largest absolute Gasteiger partial charge is 0.481 e. The monoisotopic (exact) mass is 587 g/mol. The van der Waals surface area contributed by atoms with Crippen molar-refractivity contribution < 1.29 is 29.0 Å². The molecular weight excluding hydrogens is 546 g/mol. The molecule has 1 unspecified atom stereocenters. The van der Waals surface area contributed by atoms with E-state index in [1.807, 2.05) is 20.8 Å². The molecular formula is C29H41N5O6S. The quantitative estimate of drug-likeness (QED) is 0.295. The predicted octanol–water partition coefficient (Wildman–Crippen LogP) is 3.97. The molecule has 41 heavy (non-hydrogen) atoms. The normalized spacial score (nSPS) is 16.0. The first-order valence-corrected chi connectivity index (χ1v) is 14.9. The van der Waals surface area contributed by atoms with Crippen LogP contribution in [0.25, 0.3) is 0 Å². The van der Waals surface area contributed by atoms with Crippen LogP contribution < -0.4 is 5.32 Å². The van der Waals surface area contributed by atoms with Crippen LogP contribution in [0.4, 0.5) is 0 Å². The Kier molecular flexibility index (Phi) is 11.3. The zero-order valence-corrected chi connectivity index (χ0v) is 25.4. The number of carbonyl (C=O) groups is 4. The highest BCUT2D eigenvalue weighted by Gasteiger charge is 2.33. The number of thiazole rings is 1. The Morgan fingerprint density at radius 3 is 2.37 bits per heavy atom. The molecule has 0 spiro atoms. The van der Waals surface area contributed by atoms with E-state index in [0.717, 1.165) is 18.4 Å². The number of hydrogen-bond acceptors (Lipinski definition) is 9. The second-order valence-corrected chi connectivity index (χ2v) is 12.3. The first-order chi connectivity index (χ1) is 19.3. The maximum absolute atomic E-state index is 13.2. The van der Waals surface area contributed by atoms with Gasteiger partial charge < -0.3 is 20.1 Å². The van der Waals surface area contributed by atoms with Crippen molar-refractivity contribution in [3.8, 4) is 0 Å². The van der Waals surface area contributed by atoms with Crippen molar-refractivity contribution in [3.05, 3.63) is 39.9 Å². The van der Waals surface area contributed by atoms with Gasteiger partial charge in [0.25, 0.3) is 5.91 Å². The van der Waals surface area contributed by atoms with E-state index in [1.165, 1.54) is 18.3 Å². The number of aliphatic carboxylic acids is 1. The zero-order valence-electron chi connectivity index (χ0n) is 24.6. The molecule has 1 fully saturated rings. The Labute approximate surface area is 245 Å². The van der Waals surface area contributed by atoms with Gasteiger partial charge >= 0.3 is 11.9 Å². The molecule has 0 radical (unpaired) electrons. The number of hydrogen-bond donors (Lipinski definition) is 2. The second-order valence-electron chi connectivity index (χ2n) is 11.4. The number of esters is 1. The number of aryl methyl sites for hydroxylation is 1. The molecule has 2 N–H and O–H groups in total. The van der Waals surface area contributed by atoms with Gasteiger partial charge in [0.05, 0.1) is 5.92 Å². The predicted molar refractivity (Wildman–Crippen MR) is 153 cm³/mol. The summed E-state index contributed by atoms with van der Waals surface area (Å²) >= 11 is 1.20. The average molecular weight is 588 g/mol. The molecule has 3 rings (SSSR count). The lowest BCUT2D eigenvalue weighted by Gasteiger charge is -2.33. The highest BCUT2D eigenvalue weighted by molar-refractivity contribution is 7.09. The third-order valence-electron chi connectivity index (χ3n) is 7.27. The molecule has 1 aliphatic rings. The summed E-state index contributed by atoms with van der Waals surface area (Å²) in [7, 11) is 1.79. The highest BCUT2D eigenvalue weighted by Crippen LogP contribution is 2.35.